The Morgan fingerprint density at radius 3 is 2.64 bits per heavy atom. The van der Waals surface area contributed by atoms with E-state index in [0.717, 1.165) is 22.4 Å². The van der Waals surface area contributed by atoms with Crippen molar-refractivity contribution in [2.75, 3.05) is 0 Å². The summed E-state index contributed by atoms with van der Waals surface area (Å²) in [7, 11) is 0. The molecule has 1 aliphatic carbocycles. The van der Waals surface area contributed by atoms with Gasteiger partial charge in [-0.15, -0.1) is 5.10 Å². The SMILES string of the molecule is Cc1ccc([C@@H]2C3=C(CC(C)(C)CC3=O)Oc3ncn4nc(-c5ccccn5)nc4c32)cc1. The van der Waals surface area contributed by atoms with E-state index in [1.165, 1.54) is 0 Å². The Morgan fingerprint density at radius 2 is 1.88 bits per heavy atom. The maximum atomic E-state index is 13.5. The van der Waals surface area contributed by atoms with Crippen LogP contribution in [0.3, 0.4) is 0 Å². The highest BCUT2D eigenvalue weighted by atomic mass is 16.5. The van der Waals surface area contributed by atoms with Crippen LogP contribution in [0.5, 0.6) is 5.88 Å². The van der Waals surface area contributed by atoms with Crippen LogP contribution in [0.4, 0.5) is 0 Å². The van der Waals surface area contributed by atoms with Crippen molar-refractivity contribution < 1.29 is 9.53 Å². The van der Waals surface area contributed by atoms with Crippen LogP contribution in [0.15, 0.2) is 66.3 Å². The molecule has 1 aliphatic heterocycles. The Labute approximate surface area is 191 Å². The van der Waals surface area contributed by atoms with E-state index in [-0.39, 0.29) is 17.1 Å². The molecule has 3 aromatic heterocycles. The van der Waals surface area contributed by atoms with E-state index in [9.17, 15) is 4.79 Å². The monoisotopic (exact) mass is 437 g/mol. The van der Waals surface area contributed by atoms with Gasteiger partial charge in [-0.05, 0) is 30.0 Å². The van der Waals surface area contributed by atoms with Gasteiger partial charge in [0.1, 0.15) is 17.8 Å². The van der Waals surface area contributed by atoms with Crippen molar-refractivity contribution in [3.8, 4) is 17.4 Å². The maximum Gasteiger partial charge on any atom is 0.228 e. The first-order valence-corrected chi connectivity index (χ1v) is 11.1. The standard InChI is InChI=1S/C26H23N5O2/c1-15-7-9-16(10-8-15)20-21-18(32)12-26(2,3)13-19(21)33-25-22(20)24-29-23(30-31(24)14-28-25)17-6-4-5-11-27-17/h4-11,14,20H,12-13H2,1-3H3/t20-/m1/s1. The third kappa shape index (κ3) is 3.23. The van der Waals surface area contributed by atoms with Gasteiger partial charge in [0.25, 0.3) is 0 Å². The van der Waals surface area contributed by atoms with Crippen LogP contribution in [0.25, 0.3) is 17.2 Å². The lowest BCUT2D eigenvalue weighted by Crippen LogP contribution is -2.33. The summed E-state index contributed by atoms with van der Waals surface area (Å²) in [6.07, 6.45) is 4.50. The number of nitrogens with zero attached hydrogens (tertiary/aromatic N) is 5. The fraction of sp³-hybridized carbons (Fsp3) is 0.269. The van der Waals surface area contributed by atoms with Crippen LogP contribution in [-0.2, 0) is 4.79 Å². The first-order valence-electron chi connectivity index (χ1n) is 11.1. The zero-order valence-corrected chi connectivity index (χ0v) is 18.7. The Balaban J connectivity index is 1.61. The lowest BCUT2D eigenvalue weighted by molar-refractivity contribution is -0.118. The molecule has 2 aliphatic rings. The van der Waals surface area contributed by atoms with E-state index in [4.69, 9.17) is 9.72 Å². The highest BCUT2D eigenvalue weighted by Crippen LogP contribution is 2.50. The van der Waals surface area contributed by atoms with Gasteiger partial charge in [0.2, 0.25) is 11.7 Å². The zero-order chi connectivity index (χ0) is 22.7. The summed E-state index contributed by atoms with van der Waals surface area (Å²) in [4.78, 5) is 27.2. The molecule has 7 heteroatoms. The molecular weight excluding hydrogens is 414 g/mol. The Bertz CT molecular complexity index is 1440. The van der Waals surface area contributed by atoms with E-state index in [0.29, 0.717) is 41.5 Å². The first-order chi connectivity index (χ1) is 15.9. The van der Waals surface area contributed by atoms with Gasteiger partial charge < -0.3 is 4.74 Å². The second-order valence-corrected chi connectivity index (χ2v) is 9.61. The number of pyridine rings is 1. The fourth-order valence-corrected chi connectivity index (χ4v) is 4.84. The predicted octanol–water partition coefficient (Wildman–Crippen LogP) is 4.66. The molecule has 164 valence electrons. The zero-order valence-electron chi connectivity index (χ0n) is 18.7. The highest BCUT2D eigenvalue weighted by Gasteiger charge is 2.43. The van der Waals surface area contributed by atoms with Crippen molar-refractivity contribution in [1.82, 2.24) is 24.6 Å². The molecule has 0 radical (unpaired) electrons. The topological polar surface area (TPSA) is 82.3 Å². The van der Waals surface area contributed by atoms with Gasteiger partial charge in [-0.3, -0.25) is 9.78 Å². The van der Waals surface area contributed by atoms with Crippen molar-refractivity contribution in [2.24, 2.45) is 5.41 Å². The number of hydrogen-bond acceptors (Lipinski definition) is 6. The minimum atomic E-state index is -0.315. The second kappa shape index (κ2) is 7.07. The van der Waals surface area contributed by atoms with Crippen molar-refractivity contribution in [3.63, 3.8) is 0 Å². The highest BCUT2D eigenvalue weighted by molar-refractivity contribution is 6.00. The lowest BCUT2D eigenvalue weighted by atomic mass is 9.70. The van der Waals surface area contributed by atoms with Gasteiger partial charge >= 0.3 is 0 Å². The lowest BCUT2D eigenvalue weighted by Gasteiger charge is -2.37. The Morgan fingerprint density at radius 1 is 1.06 bits per heavy atom. The molecular formula is C26H23N5O2. The molecule has 6 rings (SSSR count). The number of aromatic nitrogens is 5. The summed E-state index contributed by atoms with van der Waals surface area (Å²) < 4.78 is 7.94. The van der Waals surface area contributed by atoms with Gasteiger partial charge in [0, 0.05) is 30.5 Å². The van der Waals surface area contributed by atoms with Crippen LogP contribution in [0.1, 0.15) is 49.3 Å². The Kier molecular flexibility index (Phi) is 4.24. The van der Waals surface area contributed by atoms with Gasteiger partial charge in [-0.2, -0.15) is 0 Å². The second-order valence-electron chi connectivity index (χ2n) is 9.61. The summed E-state index contributed by atoms with van der Waals surface area (Å²) in [5.41, 5.74) is 4.79. The molecule has 4 aromatic rings. The summed E-state index contributed by atoms with van der Waals surface area (Å²) in [6.45, 7) is 6.25. The van der Waals surface area contributed by atoms with Gasteiger partial charge in [0.05, 0.1) is 5.56 Å². The molecule has 1 aromatic carbocycles. The molecule has 0 N–H and O–H groups in total. The van der Waals surface area contributed by atoms with Crippen LogP contribution in [0.2, 0.25) is 0 Å². The molecule has 0 saturated heterocycles. The van der Waals surface area contributed by atoms with Crippen LogP contribution in [0, 0.1) is 12.3 Å². The molecule has 0 saturated carbocycles. The number of ether oxygens (including phenoxy) is 1. The van der Waals surface area contributed by atoms with Crippen molar-refractivity contribution in [1.29, 1.82) is 0 Å². The number of rotatable bonds is 2. The minimum absolute atomic E-state index is 0.115. The van der Waals surface area contributed by atoms with Gasteiger partial charge in [-0.1, -0.05) is 49.7 Å². The molecule has 7 nitrogen and oxygen atoms in total. The number of hydrogen-bond donors (Lipinski definition) is 0. The van der Waals surface area contributed by atoms with Crippen molar-refractivity contribution in [3.05, 3.63) is 83.0 Å². The molecule has 0 amide bonds. The van der Waals surface area contributed by atoms with Gasteiger partial charge in [0.15, 0.2) is 11.4 Å². The average Bonchev–Trinajstić information content (AvgIpc) is 3.23. The molecule has 4 heterocycles. The minimum Gasteiger partial charge on any atom is -0.442 e. The van der Waals surface area contributed by atoms with Crippen LogP contribution < -0.4 is 4.74 Å². The van der Waals surface area contributed by atoms with E-state index < -0.39 is 0 Å². The average molecular weight is 438 g/mol. The van der Waals surface area contributed by atoms with Gasteiger partial charge in [-0.25, -0.2) is 14.5 Å². The third-order valence-electron chi connectivity index (χ3n) is 6.37. The summed E-state index contributed by atoms with van der Waals surface area (Å²) >= 11 is 0. The molecule has 1 atom stereocenters. The van der Waals surface area contributed by atoms with Crippen LogP contribution >= 0.6 is 0 Å². The van der Waals surface area contributed by atoms with E-state index >= 15 is 0 Å². The number of fused-ring (bicyclic) bond motifs is 3. The molecule has 0 bridgehead atoms. The third-order valence-corrected chi connectivity index (χ3v) is 6.37. The largest absolute Gasteiger partial charge is 0.442 e. The molecule has 0 spiro atoms. The Hall–Kier alpha value is -3.87. The predicted molar refractivity (Wildman–Crippen MR) is 123 cm³/mol. The summed E-state index contributed by atoms with van der Waals surface area (Å²) in [6, 6.07) is 13.9. The number of aryl methyl sites for hydroxylation is 1. The normalized spacial score (nSPS) is 19.2. The number of ketones is 1. The smallest absolute Gasteiger partial charge is 0.228 e. The number of carbonyl (C=O) groups excluding carboxylic acids is 1. The van der Waals surface area contributed by atoms with Crippen molar-refractivity contribution in [2.45, 2.75) is 39.5 Å². The van der Waals surface area contributed by atoms with E-state index in [2.05, 4.69) is 60.1 Å². The number of benzene rings is 1. The van der Waals surface area contributed by atoms with E-state index in [1.807, 2.05) is 18.2 Å². The fourth-order valence-electron chi connectivity index (χ4n) is 4.84. The maximum absolute atomic E-state index is 13.5. The number of Topliss-reactive ketones (excluding diaryl/α,β-unsaturated/α-hetero) is 1. The molecule has 33 heavy (non-hydrogen) atoms. The summed E-state index contributed by atoms with van der Waals surface area (Å²) in [5.74, 6) is 1.51. The number of carbonyl (C=O) groups is 1. The first kappa shape index (κ1) is 19.8. The molecule has 0 fully saturated rings. The van der Waals surface area contributed by atoms with Crippen LogP contribution in [-0.4, -0.2) is 30.3 Å². The van der Waals surface area contributed by atoms with E-state index in [1.54, 1.807) is 17.0 Å². The van der Waals surface area contributed by atoms with Crippen molar-refractivity contribution >= 4 is 11.4 Å². The molecule has 0 unspecified atom stereocenters. The summed E-state index contributed by atoms with van der Waals surface area (Å²) in [5, 5.41) is 4.60. The number of allylic oxidation sites excluding steroid dienone is 2. The quantitative estimate of drug-likeness (QED) is 0.454.